The number of hydrogen-bond donors (Lipinski definition) is 5. The van der Waals surface area contributed by atoms with Crippen LogP contribution in [0.4, 0.5) is 39.8 Å². The third-order valence-electron chi connectivity index (χ3n) is 7.63. The normalized spacial score (nSPS) is 12.4. The van der Waals surface area contributed by atoms with Crippen molar-refractivity contribution < 1.29 is 36.2 Å². The number of phenols is 2. The van der Waals surface area contributed by atoms with Crippen LogP contribution in [0.5, 0.6) is 11.5 Å². The third kappa shape index (κ3) is 7.82. The van der Waals surface area contributed by atoms with Crippen LogP contribution < -0.4 is 5.73 Å². The van der Waals surface area contributed by atoms with E-state index in [4.69, 9.17) is 5.73 Å². The number of nitrogens with zero attached hydrogens (tertiary/aromatic N) is 6. The van der Waals surface area contributed by atoms with E-state index in [0.717, 1.165) is 28.8 Å². The van der Waals surface area contributed by atoms with Crippen LogP contribution in [0.3, 0.4) is 0 Å². The Morgan fingerprint density at radius 2 is 0.885 bits per heavy atom. The van der Waals surface area contributed by atoms with Gasteiger partial charge in [0.2, 0.25) is 0 Å². The van der Waals surface area contributed by atoms with Crippen LogP contribution in [0, 0.1) is 6.92 Å². The van der Waals surface area contributed by atoms with Gasteiger partial charge >= 0.3 is 0 Å². The van der Waals surface area contributed by atoms with Crippen molar-refractivity contribution in [3.63, 3.8) is 0 Å². The van der Waals surface area contributed by atoms with E-state index in [1.54, 1.807) is 72.8 Å². The Hall–Kier alpha value is -6.40. The molecule has 15 nitrogen and oxygen atoms in total. The molecule has 262 valence electrons. The highest BCUT2D eigenvalue weighted by molar-refractivity contribution is 7.86. The van der Waals surface area contributed by atoms with E-state index in [-0.39, 0.29) is 22.2 Å². The van der Waals surface area contributed by atoms with Crippen LogP contribution in [0.2, 0.25) is 0 Å². The van der Waals surface area contributed by atoms with Crippen LogP contribution in [0.15, 0.2) is 150 Å². The molecule has 6 aromatic carbocycles. The first-order valence-corrected chi connectivity index (χ1v) is 17.9. The van der Waals surface area contributed by atoms with E-state index in [1.165, 1.54) is 12.1 Å². The molecule has 6 rings (SSSR count). The Morgan fingerprint density at radius 3 is 1.33 bits per heavy atom. The van der Waals surface area contributed by atoms with Gasteiger partial charge in [-0.15, -0.1) is 10.2 Å². The molecule has 0 spiro atoms. The van der Waals surface area contributed by atoms with Gasteiger partial charge in [-0.25, -0.2) is 0 Å². The summed E-state index contributed by atoms with van der Waals surface area (Å²) < 4.78 is 69.5. The molecule has 0 fully saturated rings. The summed E-state index contributed by atoms with van der Waals surface area (Å²) in [4.78, 5) is -1.73. The van der Waals surface area contributed by atoms with Crippen LogP contribution >= 0.6 is 0 Å². The lowest BCUT2D eigenvalue weighted by molar-refractivity contribution is 0.472. The molecule has 52 heavy (non-hydrogen) atoms. The van der Waals surface area contributed by atoms with E-state index in [9.17, 15) is 36.2 Å². The summed E-state index contributed by atoms with van der Waals surface area (Å²) in [6.07, 6.45) is 0. The fraction of sp³-hybridized carbons (Fsp3) is 0.0286. The number of fused-ring (bicyclic) bond motifs is 1. The number of aromatic hydroxyl groups is 2. The summed E-state index contributed by atoms with van der Waals surface area (Å²) in [7, 11) is -10.1. The Labute approximate surface area is 296 Å². The second-order valence-electron chi connectivity index (χ2n) is 11.3. The third-order valence-corrected chi connectivity index (χ3v) is 9.37. The maximum absolute atomic E-state index is 12.4. The van der Waals surface area contributed by atoms with E-state index in [2.05, 4.69) is 30.7 Å². The number of rotatable bonds is 9. The number of anilines is 1. The predicted molar refractivity (Wildman–Crippen MR) is 193 cm³/mol. The van der Waals surface area contributed by atoms with Gasteiger partial charge in [0.15, 0.2) is 5.75 Å². The minimum Gasteiger partial charge on any atom is -0.508 e. The van der Waals surface area contributed by atoms with Gasteiger partial charge in [-0.3, -0.25) is 9.11 Å². The quantitative estimate of drug-likeness (QED) is 0.0537. The van der Waals surface area contributed by atoms with Gasteiger partial charge in [0, 0.05) is 0 Å². The Kier molecular flexibility index (Phi) is 9.59. The zero-order valence-corrected chi connectivity index (χ0v) is 28.5. The molecule has 0 heterocycles. The van der Waals surface area contributed by atoms with Crippen LogP contribution in [-0.4, -0.2) is 36.2 Å². The molecule has 0 saturated carbocycles. The molecule has 0 aromatic heterocycles. The molecule has 6 aromatic rings. The Balaban J connectivity index is 1.34. The zero-order valence-electron chi connectivity index (χ0n) is 26.9. The summed E-state index contributed by atoms with van der Waals surface area (Å²) in [5.41, 5.74) is 8.88. The molecule has 0 amide bonds. The van der Waals surface area contributed by atoms with Gasteiger partial charge in [0.25, 0.3) is 20.2 Å². The molecule has 0 aliphatic heterocycles. The molecular formula is C35H27N7O8S2. The molecule has 17 heteroatoms. The second kappa shape index (κ2) is 14.1. The Bertz CT molecular complexity index is 2630. The number of benzene rings is 6. The maximum atomic E-state index is 12.4. The fourth-order valence-electron chi connectivity index (χ4n) is 5.01. The first-order chi connectivity index (χ1) is 24.7. The van der Waals surface area contributed by atoms with Gasteiger partial charge in [-0.05, 0) is 96.2 Å². The highest BCUT2D eigenvalue weighted by Gasteiger charge is 2.28. The SMILES string of the molecule is Cc1ccc(/N=N/c2c(S(=O)(=O)O)cc3cc(S(=O)(=O)O)c(/N=N/c4ccc(-c5ccc(/N=N/c6ccc(O)cc6)cc5)cc4)c(O)c3c2N)cc1. The van der Waals surface area contributed by atoms with Crippen molar-refractivity contribution in [1.82, 2.24) is 0 Å². The minimum absolute atomic E-state index is 0.127. The van der Waals surface area contributed by atoms with Crippen molar-refractivity contribution in [2.75, 3.05) is 5.73 Å². The second-order valence-corrected chi connectivity index (χ2v) is 14.1. The monoisotopic (exact) mass is 737 g/mol. The first-order valence-electron chi connectivity index (χ1n) is 15.1. The zero-order chi connectivity index (χ0) is 37.2. The lowest BCUT2D eigenvalue weighted by Crippen LogP contribution is -2.03. The van der Waals surface area contributed by atoms with E-state index in [1.807, 2.05) is 19.1 Å². The number of nitrogen functional groups attached to an aromatic ring is 1. The van der Waals surface area contributed by atoms with E-state index < -0.39 is 52.8 Å². The summed E-state index contributed by atoms with van der Waals surface area (Å²) in [5.74, 6) is -0.735. The molecule has 0 bridgehead atoms. The van der Waals surface area contributed by atoms with Gasteiger partial charge in [-0.2, -0.15) is 37.3 Å². The van der Waals surface area contributed by atoms with E-state index >= 15 is 0 Å². The van der Waals surface area contributed by atoms with E-state index in [0.29, 0.717) is 17.1 Å². The molecule has 0 aliphatic rings. The molecule has 0 unspecified atom stereocenters. The standard InChI is InChI=1S/C35H27N7O8S2/c1-20-2-8-24(9-3-20)39-41-33-29(51(45,46)47)18-23-19-30(52(48,49)50)34(35(44)31(23)32(33)36)42-40-26-12-6-22(7-13-26)21-4-10-25(11-5-21)37-38-27-14-16-28(43)17-15-27/h2-19,43-44H,36H2,1H3,(H,45,46,47)(H,48,49,50)/b38-37+,41-39+,42-40+. The Morgan fingerprint density at radius 1 is 0.519 bits per heavy atom. The average Bonchev–Trinajstić information content (AvgIpc) is 3.10. The summed E-state index contributed by atoms with van der Waals surface area (Å²) >= 11 is 0. The molecule has 0 aliphatic carbocycles. The lowest BCUT2D eigenvalue weighted by Gasteiger charge is -2.14. The van der Waals surface area contributed by atoms with Crippen LogP contribution in [0.1, 0.15) is 5.56 Å². The number of hydrogen-bond acceptors (Lipinski definition) is 13. The van der Waals surface area contributed by atoms with Gasteiger partial charge in [0.1, 0.15) is 26.9 Å². The highest BCUT2D eigenvalue weighted by Crippen LogP contribution is 2.48. The van der Waals surface area contributed by atoms with Gasteiger partial charge in [0.05, 0.1) is 33.8 Å². The fourth-order valence-corrected chi connectivity index (χ4v) is 6.34. The summed E-state index contributed by atoms with van der Waals surface area (Å²) in [6, 6.07) is 28.5. The van der Waals surface area contributed by atoms with Gasteiger partial charge in [-0.1, -0.05) is 42.0 Å². The molecule has 0 atom stereocenters. The maximum Gasteiger partial charge on any atom is 0.296 e. The number of azo groups is 3. The average molecular weight is 738 g/mol. The van der Waals surface area contributed by atoms with Crippen molar-refractivity contribution in [1.29, 1.82) is 0 Å². The number of phenolic OH excluding ortho intramolecular Hbond substituents is 2. The molecule has 6 N–H and O–H groups in total. The largest absolute Gasteiger partial charge is 0.508 e. The predicted octanol–water partition coefficient (Wildman–Crippen LogP) is 9.55. The van der Waals surface area contributed by atoms with Crippen LogP contribution in [-0.2, 0) is 20.2 Å². The molecule has 0 saturated heterocycles. The summed E-state index contributed by atoms with van der Waals surface area (Å²) in [5, 5.41) is 44.4. The first kappa shape index (κ1) is 35.4. The van der Waals surface area contributed by atoms with Crippen molar-refractivity contribution in [3.05, 3.63) is 115 Å². The topological polar surface area (TPSA) is 249 Å². The van der Waals surface area contributed by atoms with Crippen molar-refractivity contribution in [2.45, 2.75) is 16.7 Å². The lowest BCUT2D eigenvalue weighted by atomic mass is 10.0. The van der Waals surface area contributed by atoms with Crippen LogP contribution in [0.25, 0.3) is 21.9 Å². The van der Waals surface area contributed by atoms with Crippen molar-refractivity contribution in [3.8, 4) is 22.6 Å². The van der Waals surface area contributed by atoms with Crippen molar-refractivity contribution in [2.24, 2.45) is 30.7 Å². The minimum atomic E-state index is -5.07. The summed E-state index contributed by atoms with van der Waals surface area (Å²) in [6.45, 7) is 1.85. The van der Waals surface area contributed by atoms with Crippen molar-refractivity contribution >= 4 is 70.8 Å². The smallest absolute Gasteiger partial charge is 0.296 e. The number of aryl methyl sites for hydroxylation is 1. The van der Waals surface area contributed by atoms with Gasteiger partial charge < -0.3 is 15.9 Å². The molecule has 0 radical (unpaired) electrons. The number of nitrogens with two attached hydrogens (primary N) is 1. The molecular weight excluding hydrogens is 711 g/mol. The highest BCUT2D eigenvalue weighted by atomic mass is 32.2.